The molecule has 0 spiro atoms. The minimum absolute atomic E-state index is 0.198. The van der Waals surface area contributed by atoms with E-state index >= 15 is 0 Å². The summed E-state index contributed by atoms with van der Waals surface area (Å²) in [5.74, 6) is 0.620. The van der Waals surface area contributed by atoms with Crippen molar-refractivity contribution in [3.8, 4) is 5.88 Å². The topological polar surface area (TPSA) is 57.4 Å². The third kappa shape index (κ3) is 3.09. The summed E-state index contributed by atoms with van der Waals surface area (Å²) < 4.78 is 11.2. The fourth-order valence-electron chi connectivity index (χ4n) is 2.18. The highest BCUT2D eigenvalue weighted by molar-refractivity contribution is 5.47. The van der Waals surface area contributed by atoms with E-state index in [0.717, 1.165) is 36.9 Å². The summed E-state index contributed by atoms with van der Waals surface area (Å²) in [7, 11) is 1.76. The summed E-state index contributed by atoms with van der Waals surface area (Å²) in [5, 5.41) is 0. The number of aromatic nitrogens is 1. The second kappa shape index (κ2) is 5.36. The minimum atomic E-state index is 0.198. The summed E-state index contributed by atoms with van der Waals surface area (Å²) in [6, 6.07) is 1.80. The van der Waals surface area contributed by atoms with Gasteiger partial charge < -0.3 is 15.2 Å². The zero-order valence-electron chi connectivity index (χ0n) is 10.5. The summed E-state index contributed by atoms with van der Waals surface area (Å²) in [5.41, 5.74) is 7.55. The Morgan fingerprint density at radius 1 is 1.35 bits per heavy atom. The molecule has 2 rings (SSSR count). The van der Waals surface area contributed by atoms with Crippen molar-refractivity contribution in [3.05, 3.63) is 17.8 Å². The van der Waals surface area contributed by atoms with Gasteiger partial charge in [-0.25, -0.2) is 4.98 Å². The number of hydrogen-bond donors (Lipinski definition) is 1. The average molecular weight is 236 g/mol. The van der Waals surface area contributed by atoms with Crippen molar-refractivity contribution in [3.63, 3.8) is 0 Å². The first kappa shape index (κ1) is 12.2. The van der Waals surface area contributed by atoms with Gasteiger partial charge in [0, 0.05) is 31.5 Å². The molecule has 1 aliphatic rings. The number of ether oxygens (including phenoxy) is 2. The molecule has 1 saturated carbocycles. The van der Waals surface area contributed by atoms with Gasteiger partial charge in [-0.1, -0.05) is 0 Å². The molecule has 4 nitrogen and oxygen atoms in total. The molecule has 0 saturated heterocycles. The van der Waals surface area contributed by atoms with Gasteiger partial charge >= 0.3 is 0 Å². The predicted octanol–water partition coefficient (Wildman–Crippen LogP) is 2.31. The Morgan fingerprint density at radius 2 is 2.12 bits per heavy atom. The summed E-state index contributed by atoms with van der Waals surface area (Å²) in [6.45, 7) is 1.94. The van der Waals surface area contributed by atoms with Crippen LogP contribution in [0.25, 0.3) is 0 Å². The van der Waals surface area contributed by atoms with E-state index in [1.54, 1.807) is 19.4 Å². The van der Waals surface area contributed by atoms with Gasteiger partial charge in [-0.2, -0.15) is 0 Å². The zero-order chi connectivity index (χ0) is 12.3. The predicted molar refractivity (Wildman–Crippen MR) is 67.1 cm³/mol. The molecular weight excluding hydrogens is 216 g/mol. The summed E-state index contributed by atoms with van der Waals surface area (Å²) in [6.07, 6.45) is 6.53. The van der Waals surface area contributed by atoms with Gasteiger partial charge in [0.05, 0.1) is 6.10 Å². The van der Waals surface area contributed by atoms with Crippen molar-refractivity contribution in [2.45, 2.75) is 44.8 Å². The monoisotopic (exact) mass is 236 g/mol. The molecule has 1 aromatic heterocycles. The number of nitrogens with two attached hydrogens (primary N) is 1. The van der Waals surface area contributed by atoms with Crippen LogP contribution in [-0.2, 0) is 4.74 Å². The lowest BCUT2D eigenvalue weighted by molar-refractivity contribution is 0.0195. The number of pyridine rings is 1. The molecule has 0 aliphatic heterocycles. The lowest BCUT2D eigenvalue weighted by Crippen LogP contribution is -2.29. The molecule has 1 heterocycles. The van der Waals surface area contributed by atoms with Gasteiger partial charge in [-0.3, -0.25) is 0 Å². The maximum absolute atomic E-state index is 5.85. The quantitative estimate of drug-likeness (QED) is 0.875. The number of hydrogen-bond acceptors (Lipinski definition) is 4. The molecule has 2 unspecified atom stereocenters. The standard InChI is InChI=1S/C13H20N2O2/c1-9-8-15-13(7-12(9)14)17-11-5-3-4-10(6-11)16-2/h7-8,10-11H,3-6H2,1-2H3,(H2,14,15). The molecule has 0 bridgehead atoms. The molecule has 94 valence electrons. The Morgan fingerprint density at radius 3 is 2.82 bits per heavy atom. The van der Waals surface area contributed by atoms with Gasteiger partial charge in [-0.15, -0.1) is 0 Å². The lowest BCUT2D eigenvalue weighted by atomic mass is 9.95. The largest absolute Gasteiger partial charge is 0.474 e. The van der Waals surface area contributed by atoms with E-state index in [0.29, 0.717) is 12.0 Å². The fourth-order valence-corrected chi connectivity index (χ4v) is 2.18. The molecular formula is C13H20N2O2. The Hall–Kier alpha value is -1.29. The van der Waals surface area contributed by atoms with E-state index in [9.17, 15) is 0 Å². The van der Waals surface area contributed by atoms with E-state index < -0.39 is 0 Å². The number of nitrogens with zero attached hydrogens (tertiary/aromatic N) is 1. The first-order valence-electron chi connectivity index (χ1n) is 6.10. The molecule has 1 aliphatic carbocycles. The highest BCUT2D eigenvalue weighted by Gasteiger charge is 2.23. The van der Waals surface area contributed by atoms with Crippen LogP contribution in [0.1, 0.15) is 31.2 Å². The number of nitrogen functional groups attached to an aromatic ring is 1. The van der Waals surface area contributed by atoms with Crippen LogP contribution in [0.2, 0.25) is 0 Å². The SMILES string of the molecule is COC1CCCC(Oc2cc(N)c(C)cn2)C1. The van der Waals surface area contributed by atoms with Crippen LogP contribution in [0.15, 0.2) is 12.3 Å². The molecule has 1 fully saturated rings. The zero-order valence-corrected chi connectivity index (χ0v) is 10.5. The number of rotatable bonds is 3. The van der Waals surface area contributed by atoms with Crippen LogP contribution >= 0.6 is 0 Å². The van der Waals surface area contributed by atoms with Crippen LogP contribution in [0.4, 0.5) is 5.69 Å². The van der Waals surface area contributed by atoms with Crippen molar-refractivity contribution in [2.75, 3.05) is 12.8 Å². The van der Waals surface area contributed by atoms with Gasteiger partial charge in [0.2, 0.25) is 5.88 Å². The lowest BCUT2D eigenvalue weighted by Gasteiger charge is -2.28. The van der Waals surface area contributed by atoms with Crippen molar-refractivity contribution < 1.29 is 9.47 Å². The van der Waals surface area contributed by atoms with E-state index in [1.165, 1.54) is 0 Å². The minimum Gasteiger partial charge on any atom is -0.474 e. The second-order valence-electron chi connectivity index (χ2n) is 4.64. The van der Waals surface area contributed by atoms with Crippen LogP contribution in [0, 0.1) is 6.92 Å². The molecule has 17 heavy (non-hydrogen) atoms. The Bertz CT molecular complexity index is 382. The molecule has 2 atom stereocenters. The molecule has 0 radical (unpaired) electrons. The van der Waals surface area contributed by atoms with E-state index in [-0.39, 0.29) is 6.10 Å². The highest BCUT2D eigenvalue weighted by Crippen LogP contribution is 2.25. The fraction of sp³-hybridized carbons (Fsp3) is 0.615. The first-order valence-corrected chi connectivity index (χ1v) is 6.10. The highest BCUT2D eigenvalue weighted by atomic mass is 16.5. The molecule has 0 aromatic carbocycles. The van der Waals surface area contributed by atoms with Gasteiger partial charge in [0.25, 0.3) is 0 Å². The number of aryl methyl sites for hydroxylation is 1. The van der Waals surface area contributed by atoms with Crippen LogP contribution in [0.3, 0.4) is 0 Å². The third-order valence-electron chi connectivity index (χ3n) is 3.32. The van der Waals surface area contributed by atoms with Crippen LogP contribution in [-0.4, -0.2) is 24.3 Å². The maximum Gasteiger partial charge on any atom is 0.215 e. The number of anilines is 1. The first-order chi connectivity index (χ1) is 8.19. The van der Waals surface area contributed by atoms with Crippen molar-refractivity contribution in [1.29, 1.82) is 0 Å². The normalized spacial score (nSPS) is 24.6. The van der Waals surface area contributed by atoms with Crippen LogP contribution < -0.4 is 10.5 Å². The van der Waals surface area contributed by atoms with E-state index in [1.807, 2.05) is 6.92 Å². The molecule has 4 heteroatoms. The Balaban J connectivity index is 1.97. The number of methoxy groups -OCH3 is 1. The van der Waals surface area contributed by atoms with Gasteiger partial charge in [0.1, 0.15) is 6.10 Å². The van der Waals surface area contributed by atoms with Gasteiger partial charge in [0.15, 0.2) is 0 Å². The average Bonchev–Trinajstić information content (AvgIpc) is 2.34. The molecule has 0 amide bonds. The van der Waals surface area contributed by atoms with E-state index in [2.05, 4.69) is 4.98 Å². The smallest absolute Gasteiger partial charge is 0.215 e. The third-order valence-corrected chi connectivity index (χ3v) is 3.32. The summed E-state index contributed by atoms with van der Waals surface area (Å²) in [4.78, 5) is 4.24. The van der Waals surface area contributed by atoms with Crippen molar-refractivity contribution in [2.24, 2.45) is 0 Å². The Kier molecular flexibility index (Phi) is 3.84. The van der Waals surface area contributed by atoms with E-state index in [4.69, 9.17) is 15.2 Å². The molecule has 1 aromatic rings. The van der Waals surface area contributed by atoms with Crippen molar-refractivity contribution in [1.82, 2.24) is 4.98 Å². The summed E-state index contributed by atoms with van der Waals surface area (Å²) >= 11 is 0. The van der Waals surface area contributed by atoms with Gasteiger partial charge in [-0.05, 0) is 31.7 Å². The Labute approximate surface area is 102 Å². The maximum atomic E-state index is 5.85. The molecule has 2 N–H and O–H groups in total. The second-order valence-corrected chi connectivity index (χ2v) is 4.64. The van der Waals surface area contributed by atoms with Crippen molar-refractivity contribution >= 4 is 5.69 Å². The van der Waals surface area contributed by atoms with Crippen LogP contribution in [0.5, 0.6) is 5.88 Å².